The van der Waals surface area contributed by atoms with Crippen LogP contribution >= 0.6 is 38.9 Å². The highest BCUT2D eigenvalue weighted by atomic mass is 79.9. The fourth-order valence-corrected chi connectivity index (χ4v) is 3.34. The third-order valence-electron chi connectivity index (χ3n) is 2.50. The number of nitro groups is 1. The first-order chi connectivity index (χ1) is 8.97. The van der Waals surface area contributed by atoms with Crippen LogP contribution in [0.3, 0.4) is 0 Å². The molecule has 0 fully saturated rings. The van der Waals surface area contributed by atoms with E-state index in [9.17, 15) is 10.1 Å². The van der Waals surface area contributed by atoms with Crippen molar-refractivity contribution in [3.05, 3.63) is 53.6 Å². The van der Waals surface area contributed by atoms with E-state index in [1.54, 1.807) is 12.1 Å². The molecule has 1 aromatic heterocycles. The molecule has 0 saturated heterocycles. The van der Waals surface area contributed by atoms with Crippen molar-refractivity contribution < 1.29 is 4.92 Å². The Labute approximate surface area is 127 Å². The van der Waals surface area contributed by atoms with Gasteiger partial charge in [-0.2, -0.15) is 0 Å². The van der Waals surface area contributed by atoms with Gasteiger partial charge in [-0.1, -0.05) is 17.7 Å². The Hall–Kier alpha value is -1.11. The number of rotatable bonds is 4. The van der Waals surface area contributed by atoms with Crippen LogP contribution < -0.4 is 5.32 Å². The highest BCUT2D eigenvalue weighted by Gasteiger charge is 2.13. The molecule has 1 N–H and O–H groups in total. The minimum absolute atomic E-state index is 0.0762. The Morgan fingerprint density at radius 3 is 2.79 bits per heavy atom. The van der Waals surface area contributed by atoms with Crippen LogP contribution in [0.25, 0.3) is 0 Å². The number of nitro benzene ring substituents is 1. The molecule has 0 saturated carbocycles. The van der Waals surface area contributed by atoms with E-state index in [1.165, 1.54) is 17.4 Å². The molecule has 0 amide bonds. The number of hydrogen-bond donors (Lipinski definition) is 1. The maximum atomic E-state index is 10.9. The number of benzene rings is 1. The van der Waals surface area contributed by atoms with Crippen LogP contribution in [0, 0.1) is 17.0 Å². The second-order valence-electron chi connectivity index (χ2n) is 3.97. The Morgan fingerprint density at radius 1 is 1.47 bits per heavy atom. The first-order valence-corrected chi connectivity index (χ1v) is 7.38. The van der Waals surface area contributed by atoms with E-state index in [2.05, 4.69) is 21.2 Å². The fraction of sp³-hybridized carbons (Fsp3) is 0.167. The first kappa shape index (κ1) is 14.3. The summed E-state index contributed by atoms with van der Waals surface area (Å²) >= 11 is 10.7. The van der Waals surface area contributed by atoms with Crippen LogP contribution in [0.5, 0.6) is 0 Å². The number of hydrogen-bond acceptors (Lipinski definition) is 4. The van der Waals surface area contributed by atoms with Gasteiger partial charge >= 0.3 is 0 Å². The van der Waals surface area contributed by atoms with Crippen molar-refractivity contribution in [2.45, 2.75) is 13.5 Å². The molecule has 0 atom stereocenters. The molecule has 0 bridgehead atoms. The standard InChI is InChI=1S/C12H10BrClN2O2S/c1-7-2-3-11(16(17)18)10(4-7)15-6-8-5-9(13)12(14)19-8/h2-5,15H,6H2,1H3. The SMILES string of the molecule is Cc1ccc([N+](=O)[O-])c(NCc2cc(Br)c(Cl)s2)c1. The monoisotopic (exact) mass is 360 g/mol. The molecule has 0 unspecified atom stereocenters. The van der Waals surface area contributed by atoms with Crippen molar-refractivity contribution in [3.63, 3.8) is 0 Å². The Bertz CT molecular complexity index is 611. The molecule has 2 rings (SSSR count). The van der Waals surface area contributed by atoms with E-state index in [-0.39, 0.29) is 10.6 Å². The summed E-state index contributed by atoms with van der Waals surface area (Å²) in [6, 6.07) is 6.90. The lowest BCUT2D eigenvalue weighted by Gasteiger charge is -2.06. The third kappa shape index (κ3) is 3.46. The average Bonchev–Trinajstić information content (AvgIpc) is 2.66. The van der Waals surface area contributed by atoms with E-state index in [4.69, 9.17) is 11.6 Å². The van der Waals surface area contributed by atoms with E-state index >= 15 is 0 Å². The largest absolute Gasteiger partial charge is 0.375 e. The zero-order valence-electron chi connectivity index (χ0n) is 9.94. The lowest BCUT2D eigenvalue weighted by atomic mass is 10.2. The maximum absolute atomic E-state index is 10.9. The molecule has 4 nitrogen and oxygen atoms in total. The van der Waals surface area contributed by atoms with Gasteiger partial charge in [-0.05, 0) is 40.5 Å². The minimum atomic E-state index is -0.390. The Kier molecular flexibility index (Phi) is 4.44. The van der Waals surface area contributed by atoms with Crippen LogP contribution in [0.15, 0.2) is 28.7 Å². The van der Waals surface area contributed by atoms with Gasteiger partial charge in [-0.25, -0.2) is 0 Å². The maximum Gasteiger partial charge on any atom is 0.292 e. The normalized spacial score (nSPS) is 10.5. The molecular formula is C12H10BrClN2O2S. The minimum Gasteiger partial charge on any atom is -0.375 e. The molecule has 2 aromatic rings. The summed E-state index contributed by atoms with van der Waals surface area (Å²) in [5, 5.41) is 14.0. The smallest absolute Gasteiger partial charge is 0.292 e. The molecule has 1 aromatic carbocycles. The zero-order chi connectivity index (χ0) is 14.0. The molecule has 0 spiro atoms. The van der Waals surface area contributed by atoms with Crippen LogP contribution in [-0.4, -0.2) is 4.92 Å². The van der Waals surface area contributed by atoms with E-state index in [1.807, 2.05) is 13.0 Å². The lowest BCUT2D eigenvalue weighted by molar-refractivity contribution is -0.384. The second kappa shape index (κ2) is 5.90. The van der Waals surface area contributed by atoms with Gasteiger partial charge in [0.15, 0.2) is 0 Å². The summed E-state index contributed by atoms with van der Waals surface area (Å²) in [4.78, 5) is 11.6. The molecule has 0 aliphatic rings. The van der Waals surface area contributed by atoms with Crippen LogP contribution in [0.1, 0.15) is 10.4 Å². The zero-order valence-corrected chi connectivity index (χ0v) is 13.1. The predicted molar refractivity (Wildman–Crippen MR) is 82.2 cm³/mol. The summed E-state index contributed by atoms with van der Waals surface area (Å²) in [5.74, 6) is 0. The Balaban J connectivity index is 2.19. The highest BCUT2D eigenvalue weighted by molar-refractivity contribution is 9.10. The third-order valence-corrected chi connectivity index (χ3v) is 4.97. The first-order valence-electron chi connectivity index (χ1n) is 5.40. The summed E-state index contributed by atoms with van der Waals surface area (Å²) < 4.78 is 1.52. The summed E-state index contributed by atoms with van der Waals surface area (Å²) in [6.45, 7) is 2.40. The molecule has 19 heavy (non-hydrogen) atoms. The number of nitrogens with one attached hydrogen (secondary N) is 1. The van der Waals surface area contributed by atoms with Crippen molar-refractivity contribution in [3.8, 4) is 0 Å². The number of anilines is 1. The van der Waals surface area contributed by atoms with Gasteiger partial charge in [0.25, 0.3) is 5.69 Å². The summed E-state index contributed by atoms with van der Waals surface area (Å²) in [7, 11) is 0. The van der Waals surface area contributed by atoms with Gasteiger partial charge in [-0.15, -0.1) is 11.3 Å². The van der Waals surface area contributed by atoms with Crippen molar-refractivity contribution in [1.29, 1.82) is 0 Å². The molecule has 0 aliphatic heterocycles. The number of nitrogens with zero attached hydrogens (tertiary/aromatic N) is 1. The summed E-state index contributed by atoms with van der Waals surface area (Å²) in [5.41, 5.74) is 1.57. The van der Waals surface area contributed by atoms with Crippen LogP contribution in [0.2, 0.25) is 4.34 Å². The van der Waals surface area contributed by atoms with Crippen molar-refractivity contribution >= 4 is 50.2 Å². The average molecular weight is 362 g/mol. The molecule has 0 aliphatic carbocycles. The molecule has 1 heterocycles. The molecule has 0 radical (unpaired) electrons. The molecular weight excluding hydrogens is 352 g/mol. The van der Waals surface area contributed by atoms with Gasteiger partial charge < -0.3 is 5.32 Å². The van der Waals surface area contributed by atoms with E-state index in [0.29, 0.717) is 16.6 Å². The number of aryl methyl sites for hydroxylation is 1. The van der Waals surface area contributed by atoms with Gasteiger partial charge in [0.2, 0.25) is 0 Å². The van der Waals surface area contributed by atoms with Gasteiger partial charge in [0, 0.05) is 22.0 Å². The highest BCUT2D eigenvalue weighted by Crippen LogP contribution is 2.33. The van der Waals surface area contributed by atoms with Crippen LogP contribution in [-0.2, 0) is 6.54 Å². The Morgan fingerprint density at radius 2 is 2.21 bits per heavy atom. The van der Waals surface area contributed by atoms with Gasteiger partial charge in [-0.3, -0.25) is 10.1 Å². The van der Waals surface area contributed by atoms with Crippen molar-refractivity contribution in [2.75, 3.05) is 5.32 Å². The topological polar surface area (TPSA) is 55.2 Å². The molecule has 100 valence electrons. The fourth-order valence-electron chi connectivity index (χ4n) is 1.61. The quantitative estimate of drug-likeness (QED) is 0.616. The molecule has 7 heteroatoms. The number of thiophene rings is 1. The second-order valence-corrected chi connectivity index (χ2v) is 6.56. The van der Waals surface area contributed by atoms with Gasteiger partial charge in [0.1, 0.15) is 10.0 Å². The summed E-state index contributed by atoms with van der Waals surface area (Å²) in [6.07, 6.45) is 0. The van der Waals surface area contributed by atoms with E-state index < -0.39 is 0 Å². The van der Waals surface area contributed by atoms with Crippen molar-refractivity contribution in [1.82, 2.24) is 0 Å². The number of halogens is 2. The van der Waals surface area contributed by atoms with Crippen molar-refractivity contribution in [2.24, 2.45) is 0 Å². The van der Waals surface area contributed by atoms with E-state index in [0.717, 1.165) is 14.9 Å². The predicted octanol–water partition coefficient (Wildman–Crippen LogP) is 4.99. The van der Waals surface area contributed by atoms with Crippen LogP contribution in [0.4, 0.5) is 11.4 Å². The van der Waals surface area contributed by atoms with Gasteiger partial charge in [0.05, 0.1) is 4.92 Å². The lowest BCUT2D eigenvalue weighted by Crippen LogP contribution is -2.01.